The summed E-state index contributed by atoms with van der Waals surface area (Å²) in [6.45, 7) is 1.59. The van der Waals surface area contributed by atoms with Gasteiger partial charge in [0.1, 0.15) is 30.2 Å². The molecule has 0 aromatic carbocycles. The van der Waals surface area contributed by atoms with Gasteiger partial charge in [0.2, 0.25) is 0 Å². The van der Waals surface area contributed by atoms with Crippen molar-refractivity contribution in [2.75, 3.05) is 13.2 Å². The standard InChI is InChI=1S/C15H24O7/c1-7-8-2-3-15(4-8,13(7)20)6-21-14-12(19)11(18)10(17)9(5-16)22-14/h7-12,14,16-19H,2-6H2,1H3. The molecular formula is C15H24O7. The maximum atomic E-state index is 12.4. The Morgan fingerprint density at radius 1 is 1.27 bits per heavy atom. The fourth-order valence-electron chi connectivity index (χ4n) is 4.16. The molecule has 0 amide bonds. The minimum Gasteiger partial charge on any atom is -0.394 e. The van der Waals surface area contributed by atoms with Crippen LogP contribution < -0.4 is 0 Å². The van der Waals surface area contributed by atoms with E-state index in [2.05, 4.69) is 0 Å². The molecule has 2 bridgehead atoms. The lowest BCUT2D eigenvalue weighted by Crippen LogP contribution is -2.59. The van der Waals surface area contributed by atoms with Crippen molar-refractivity contribution >= 4 is 5.78 Å². The summed E-state index contributed by atoms with van der Waals surface area (Å²) in [5.41, 5.74) is -0.511. The molecule has 2 aliphatic carbocycles. The Morgan fingerprint density at radius 3 is 2.59 bits per heavy atom. The fraction of sp³-hybridized carbons (Fsp3) is 0.933. The highest BCUT2D eigenvalue weighted by molar-refractivity contribution is 5.90. The first-order valence-corrected chi connectivity index (χ1v) is 7.86. The smallest absolute Gasteiger partial charge is 0.186 e. The van der Waals surface area contributed by atoms with Gasteiger partial charge in [-0.25, -0.2) is 0 Å². The Bertz CT molecular complexity index is 440. The van der Waals surface area contributed by atoms with E-state index in [1.807, 2.05) is 6.92 Å². The highest BCUT2D eigenvalue weighted by Gasteiger charge is 2.56. The van der Waals surface area contributed by atoms with E-state index in [1.54, 1.807) is 0 Å². The number of carbonyl (C=O) groups is 1. The first-order valence-electron chi connectivity index (χ1n) is 7.86. The van der Waals surface area contributed by atoms with Crippen LogP contribution in [0.4, 0.5) is 0 Å². The second kappa shape index (κ2) is 5.81. The summed E-state index contributed by atoms with van der Waals surface area (Å²) in [6.07, 6.45) is -3.85. The van der Waals surface area contributed by atoms with E-state index in [-0.39, 0.29) is 18.3 Å². The number of carbonyl (C=O) groups excluding carboxylic acids is 1. The highest BCUT2D eigenvalue weighted by Crippen LogP contribution is 2.54. The zero-order chi connectivity index (χ0) is 16.1. The number of ketones is 1. The molecule has 22 heavy (non-hydrogen) atoms. The molecule has 3 rings (SSSR count). The summed E-state index contributed by atoms with van der Waals surface area (Å²) in [6, 6.07) is 0. The molecule has 2 saturated carbocycles. The first kappa shape index (κ1) is 16.3. The topological polar surface area (TPSA) is 116 Å². The van der Waals surface area contributed by atoms with Crippen molar-refractivity contribution in [2.45, 2.75) is 56.9 Å². The zero-order valence-corrected chi connectivity index (χ0v) is 12.6. The molecule has 126 valence electrons. The molecule has 8 unspecified atom stereocenters. The van der Waals surface area contributed by atoms with E-state index in [0.717, 1.165) is 19.3 Å². The van der Waals surface area contributed by atoms with Crippen LogP contribution in [-0.2, 0) is 14.3 Å². The Hall–Kier alpha value is -0.570. The van der Waals surface area contributed by atoms with E-state index < -0.39 is 42.7 Å². The molecule has 7 heteroatoms. The molecule has 0 aromatic heterocycles. The average Bonchev–Trinajstić information content (AvgIpc) is 3.04. The summed E-state index contributed by atoms with van der Waals surface area (Å²) in [5.74, 6) is 0.659. The second-order valence-electron chi connectivity index (χ2n) is 6.94. The second-order valence-corrected chi connectivity index (χ2v) is 6.94. The van der Waals surface area contributed by atoms with Gasteiger partial charge in [-0.2, -0.15) is 0 Å². The number of aliphatic hydroxyl groups excluding tert-OH is 4. The van der Waals surface area contributed by atoms with Crippen LogP contribution in [0.15, 0.2) is 0 Å². The number of hydrogen-bond donors (Lipinski definition) is 4. The Morgan fingerprint density at radius 2 is 2.00 bits per heavy atom. The van der Waals surface area contributed by atoms with Crippen molar-refractivity contribution in [3.05, 3.63) is 0 Å². The van der Waals surface area contributed by atoms with Crippen molar-refractivity contribution in [2.24, 2.45) is 17.3 Å². The molecule has 7 nitrogen and oxygen atoms in total. The third-order valence-corrected chi connectivity index (χ3v) is 5.66. The van der Waals surface area contributed by atoms with Crippen molar-refractivity contribution < 1.29 is 34.7 Å². The summed E-state index contributed by atoms with van der Waals surface area (Å²) < 4.78 is 10.9. The molecule has 0 spiro atoms. The monoisotopic (exact) mass is 316 g/mol. The van der Waals surface area contributed by atoms with Crippen LogP contribution in [0.1, 0.15) is 26.2 Å². The van der Waals surface area contributed by atoms with Gasteiger partial charge in [0, 0.05) is 5.92 Å². The highest BCUT2D eigenvalue weighted by atomic mass is 16.7. The molecule has 1 heterocycles. The molecule has 1 aliphatic heterocycles. The van der Waals surface area contributed by atoms with E-state index >= 15 is 0 Å². The maximum Gasteiger partial charge on any atom is 0.186 e. The summed E-state index contributed by atoms with van der Waals surface area (Å²) >= 11 is 0. The normalized spacial score (nSPS) is 51.5. The molecule has 3 aliphatic rings. The number of hydrogen-bond acceptors (Lipinski definition) is 7. The van der Waals surface area contributed by atoms with Crippen LogP contribution in [-0.4, -0.2) is 70.1 Å². The van der Waals surface area contributed by atoms with Crippen LogP contribution in [0.3, 0.4) is 0 Å². The van der Waals surface area contributed by atoms with Gasteiger partial charge in [0.25, 0.3) is 0 Å². The third-order valence-electron chi connectivity index (χ3n) is 5.66. The van der Waals surface area contributed by atoms with Crippen LogP contribution in [0.25, 0.3) is 0 Å². The van der Waals surface area contributed by atoms with Crippen molar-refractivity contribution in [1.82, 2.24) is 0 Å². The lowest BCUT2D eigenvalue weighted by molar-refractivity contribution is -0.305. The first-order chi connectivity index (χ1) is 10.4. The molecule has 4 N–H and O–H groups in total. The molecule has 0 aromatic rings. The van der Waals surface area contributed by atoms with Gasteiger partial charge in [0.15, 0.2) is 6.29 Å². The lowest BCUT2D eigenvalue weighted by atomic mass is 9.80. The van der Waals surface area contributed by atoms with Crippen LogP contribution in [0.5, 0.6) is 0 Å². The molecule has 0 radical (unpaired) electrons. The SMILES string of the molecule is CC1C(=O)C2(COC3OC(CO)C(O)C(O)C3O)CCC1C2. The Balaban J connectivity index is 1.65. The summed E-state index contributed by atoms with van der Waals surface area (Å²) in [5, 5.41) is 38.6. The van der Waals surface area contributed by atoms with E-state index in [0.29, 0.717) is 5.92 Å². The Labute approximate surface area is 128 Å². The predicted molar refractivity (Wildman–Crippen MR) is 73.7 cm³/mol. The van der Waals surface area contributed by atoms with Gasteiger partial charge in [-0.05, 0) is 25.2 Å². The molecule has 1 saturated heterocycles. The minimum absolute atomic E-state index is 0.0483. The van der Waals surface area contributed by atoms with Crippen molar-refractivity contribution in [3.8, 4) is 0 Å². The molecule has 8 atom stereocenters. The average molecular weight is 316 g/mol. The van der Waals surface area contributed by atoms with Crippen LogP contribution in [0.2, 0.25) is 0 Å². The minimum atomic E-state index is -1.46. The van der Waals surface area contributed by atoms with Crippen LogP contribution in [0, 0.1) is 17.3 Å². The number of Topliss-reactive ketones (excluding diaryl/α,β-unsaturated/α-hetero) is 1. The summed E-state index contributed by atoms with van der Waals surface area (Å²) in [4.78, 5) is 12.4. The van der Waals surface area contributed by atoms with Gasteiger partial charge in [-0.1, -0.05) is 6.92 Å². The summed E-state index contributed by atoms with van der Waals surface area (Å²) in [7, 11) is 0. The lowest BCUT2D eigenvalue weighted by Gasteiger charge is -2.40. The number of ether oxygens (including phenoxy) is 2. The maximum absolute atomic E-state index is 12.4. The van der Waals surface area contributed by atoms with Crippen molar-refractivity contribution in [1.29, 1.82) is 0 Å². The van der Waals surface area contributed by atoms with Gasteiger partial charge >= 0.3 is 0 Å². The number of aliphatic hydroxyl groups is 4. The van der Waals surface area contributed by atoms with E-state index in [1.165, 1.54) is 0 Å². The quantitative estimate of drug-likeness (QED) is 0.515. The number of rotatable bonds is 4. The van der Waals surface area contributed by atoms with Crippen LogP contribution >= 0.6 is 0 Å². The Kier molecular flexibility index (Phi) is 4.30. The predicted octanol–water partition coefficient (Wildman–Crippen LogP) is -1.19. The van der Waals surface area contributed by atoms with Gasteiger partial charge in [-0.3, -0.25) is 4.79 Å². The van der Waals surface area contributed by atoms with Gasteiger partial charge in [0.05, 0.1) is 18.6 Å². The van der Waals surface area contributed by atoms with Gasteiger partial charge in [-0.15, -0.1) is 0 Å². The van der Waals surface area contributed by atoms with Crippen molar-refractivity contribution in [3.63, 3.8) is 0 Å². The largest absolute Gasteiger partial charge is 0.394 e. The molecular weight excluding hydrogens is 292 g/mol. The fourth-order valence-corrected chi connectivity index (χ4v) is 4.16. The van der Waals surface area contributed by atoms with E-state index in [9.17, 15) is 20.1 Å². The zero-order valence-electron chi connectivity index (χ0n) is 12.6. The number of fused-ring (bicyclic) bond motifs is 2. The van der Waals surface area contributed by atoms with Gasteiger partial charge < -0.3 is 29.9 Å². The third kappa shape index (κ3) is 2.40. The molecule has 3 fully saturated rings. The van der Waals surface area contributed by atoms with E-state index in [4.69, 9.17) is 14.6 Å².